The van der Waals surface area contributed by atoms with Crippen molar-refractivity contribution in [3.8, 4) is 0 Å². The van der Waals surface area contributed by atoms with E-state index in [0.29, 0.717) is 22.1 Å². The Balaban J connectivity index is 1.32. The summed E-state index contributed by atoms with van der Waals surface area (Å²) < 4.78 is 31.8. The highest BCUT2D eigenvalue weighted by Crippen LogP contribution is 2.41. The van der Waals surface area contributed by atoms with Crippen molar-refractivity contribution < 1.29 is 37.0 Å². The number of carboxylic acids is 1. The number of nitrogens with one attached hydrogen (secondary N) is 2. The van der Waals surface area contributed by atoms with Crippen LogP contribution >= 0.6 is 58.9 Å². The Kier molecular flexibility index (Phi) is 10.7. The van der Waals surface area contributed by atoms with Gasteiger partial charge in [-0.1, -0.05) is 35.4 Å². The van der Waals surface area contributed by atoms with E-state index in [1.54, 1.807) is 41.2 Å². The van der Waals surface area contributed by atoms with E-state index in [2.05, 4.69) is 15.6 Å². The van der Waals surface area contributed by atoms with Gasteiger partial charge in [-0.05, 0) is 23.3 Å². The lowest BCUT2D eigenvalue weighted by Crippen LogP contribution is -2.71. The molecule has 4 rings (SSSR count). The molecule has 0 aliphatic carbocycles. The number of thiocarbonyl (C=S) groups is 1. The number of halogens is 2. The smallest absolute Gasteiger partial charge is 0.286 e. The summed E-state index contributed by atoms with van der Waals surface area (Å²) in [5.74, 6) is -2.18. The largest absolute Gasteiger partial charge is 0.543 e. The van der Waals surface area contributed by atoms with Crippen molar-refractivity contribution in [3.05, 3.63) is 63.8 Å². The Morgan fingerprint density at radius 3 is 2.55 bits per heavy atom. The lowest BCUT2D eigenvalue weighted by Gasteiger charge is -2.51. The van der Waals surface area contributed by atoms with Crippen LogP contribution in [0.2, 0.25) is 10.3 Å². The Morgan fingerprint density at radius 2 is 1.93 bits per heavy atom. The Bertz CT molecular complexity index is 1540. The number of aliphatic carboxylic acids is 1. The van der Waals surface area contributed by atoms with Crippen molar-refractivity contribution in [3.63, 3.8) is 0 Å². The van der Waals surface area contributed by atoms with Crippen molar-refractivity contribution in [1.29, 1.82) is 0 Å². The Morgan fingerprint density at radius 1 is 1.26 bits per heavy atom. The topological polar surface area (TPSA) is 173 Å². The van der Waals surface area contributed by atoms with Gasteiger partial charge in [-0.25, -0.2) is 4.98 Å². The van der Waals surface area contributed by atoms with Crippen molar-refractivity contribution in [1.82, 2.24) is 20.5 Å². The second kappa shape index (κ2) is 13.9. The number of β-lactam (4-membered cyclic amide) rings is 1. The van der Waals surface area contributed by atoms with Gasteiger partial charge in [0.2, 0.25) is 6.54 Å². The normalized spacial score (nSPS) is 18.3. The van der Waals surface area contributed by atoms with Gasteiger partial charge in [0.15, 0.2) is 12.4 Å². The number of hydrogen-bond acceptors (Lipinski definition) is 10. The van der Waals surface area contributed by atoms with E-state index in [1.165, 1.54) is 28.4 Å². The molecule has 224 valence electrons. The van der Waals surface area contributed by atoms with Gasteiger partial charge < -0.3 is 20.5 Å². The van der Waals surface area contributed by atoms with Gasteiger partial charge in [-0.2, -0.15) is 13.0 Å². The van der Waals surface area contributed by atoms with Crippen LogP contribution in [0.25, 0.3) is 0 Å². The van der Waals surface area contributed by atoms with Gasteiger partial charge >= 0.3 is 0 Å². The van der Waals surface area contributed by atoms with E-state index in [1.807, 2.05) is 0 Å². The summed E-state index contributed by atoms with van der Waals surface area (Å²) in [6.07, 6.45) is 3.58. The highest BCUT2D eigenvalue weighted by Gasteiger charge is 2.52. The number of fused-ring (bicyclic) bond motifs is 1. The van der Waals surface area contributed by atoms with Crippen LogP contribution in [0.4, 0.5) is 0 Å². The molecule has 2 amide bonds. The summed E-state index contributed by atoms with van der Waals surface area (Å²) in [4.78, 5) is 43.3. The highest BCUT2D eigenvalue weighted by molar-refractivity contribution is 8.01. The van der Waals surface area contributed by atoms with E-state index in [0.717, 1.165) is 10.5 Å². The summed E-state index contributed by atoms with van der Waals surface area (Å²) in [5, 5.41) is 17.5. The van der Waals surface area contributed by atoms with Crippen LogP contribution in [0.1, 0.15) is 5.56 Å². The molecule has 2 aliphatic heterocycles. The lowest BCUT2D eigenvalue weighted by molar-refractivity contribution is -0.684. The van der Waals surface area contributed by atoms with Crippen LogP contribution < -0.4 is 20.3 Å². The molecule has 2 aromatic heterocycles. The van der Waals surface area contributed by atoms with E-state index in [4.69, 9.17) is 40.0 Å². The average molecular weight is 693 g/mol. The minimum Gasteiger partial charge on any atom is -0.543 e. The van der Waals surface area contributed by atoms with Crippen molar-refractivity contribution in [2.45, 2.75) is 29.3 Å². The van der Waals surface area contributed by atoms with E-state index < -0.39 is 45.1 Å². The number of carbonyl (C=O) groups is 3. The minimum atomic E-state index is -4.16. The third kappa shape index (κ3) is 8.55. The second-order valence-corrected chi connectivity index (χ2v) is 14.1. The van der Waals surface area contributed by atoms with Crippen LogP contribution in [-0.4, -0.2) is 80.8 Å². The summed E-state index contributed by atoms with van der Waals surface area (Å²) in [6, 6.07) is 6.04. The quantitative estimate of drug-likeness (QED) is 0.0691. The van der Waals surface area contributed by atoms with Gasteiger partial charge in [0.05, 0.1) is 22.4 Å². The van der Waals surface area contributed by atoms with Crippen LogP contribution in [0, 0.1) is 0 Å². The van der Waals surface area contributed by atoms with Gasteiger partial charge in [-0.3, -0.25) is 19.0 Å². The van der Waals surface area contributed by atoms with E-state index in [-0.39, 0.29) is 35.5 Å². The molecule has 0 spiro atoms. The van der Waals surface area contributed by atoms with Crippen LogP contribution in [0.15, 0.2) is 52.8 Å². The second-order valence-electron chi connectivity index (χ2n) is 9.12. The highest BCUT2D eigenvalue weighted by atomic mass is 35.5. The molecule has 0 saturated carbocycles. The van der Waals surface area contributed by atoms with Gasteiger partial charge in [0.25, 0.3) is 21.9 Å². The first-order chi connectivity index (χ1) is 19.8. The summed E-state index contributed by atoms with van der Waals surface area (Å²) in [6.45, 7) is -0.269. The summed E-state index contributed by atoms with van der Waals surface area (Å²) >= 11 is 20.1. The molecule has 42 heavy (non-hydrogen) atoms. The van der Waals surface area contributed by atoms with Gasteiger partial charge in [-0.15, -0.1) is 23.5 Å². The van der Waals surface area contributed by atoms with Gasteiger partial charge in [0, 0.05) is 41.5 Å². The number of amides is 2. The molecule has 3 N–H and O–H groups in total. The molecule has 1 saturated heterocycles. The fraction of sp³-hybridized carbons (Fsp3) is 0.333. The molecule has 18 heteroatoms. The zero-order valence-electron chi connectivity index (χ0n) is 21.5. The number of carbonyl (C=O) groups excluding carboxylic acids is 3. The van der Waals surface area contributed by atoms with E-state index in [9.17, 15) is 27.9 Å². The van der Waals surface area contributed by atoms with Gasteiger partial charge in [0.1, 0.15) is 21.7 Å². The molecule has 0 radical (unpaired) electrons. The van der Waals surface area contributed by atoms with Crippen LogP contribution in [-0.2, 0) is 37.5 Å². The monoisotopic (exact) mass is 691 g/mol. The molecular formula is C24H23Cl2N5O7S4. The third-order valence-electron chi connectivity index (χ3n) is 6.03. The predicted octanol–water partition coefficient (Wildman–Crippen LogP) is 0.219. The lowest BCUT2D eigenvalue weighted by atomic mass is 10.0. The molecule has 4 heterocycles. The molecule has 2 atom stereocenters. The first kappa shape index (κ1) is 32.4. The van der Waals surface area contributed by atoms with Crippen molar-refractivity contribution >= 4 is 91.8 Å². The Hall–Kier alpha value is -2.47. The SMILES string of the molecule is O=C(C[n+]1ccc(SCC2=C(C(=O)[O-])N3C(=O)[C@@H](NC(=S)Cc4cc(Cl)nc(Cl)c4)[C@H]3SC2)cc1)NCCS(=O)(=O)O. The average Bonchev–Trinajstić information content (AvgIpc) is 2.89. The zero-order chi connectivity index (χ0) is 30.6. The van der Waals surface area contributed by atoms with Crippen molar-refractivity contribution in [2.24, 2.45) is 0 Å². The third-order valence-corrected chi connectivity index (χ3v) is 9.83. The van der Waals surface area contributed by atoms with Crippen LogP contribution in [0.5, 0.6) is 0 Å². The fourth-order valence-electron chi connectivity index (χ4n) is 4.17. The maximum atomic E-state index is 13.0. The first-order valence-electron chi connectivity index (χ1n) is 12.1. The molecule has 2 aromatic rings. The number of carboxylic acid groups (broad SMARTS) is 1. The van der Waals surface area contributed by atoms with Crippen molar-refractivity contribution in [2.75, 3.05) is 23.8 Å². The molecule has 0 unspecified atom stereocenters. The standard InChI is InChI=1S/C24H23Cl2N5O7S4/c25-16-7-13(8-17(26)28-16)9-19(39)29-20-22(33)31-21(24(34)35)14(12-41-23(20)31)11-40-15-1-4-30(5-2-15)10-18(32)27-3-6-42(36,37)38/h1-2,4-5,7-8,20,23H,3,6,9-12H2,(H3-,27,29,32,34,35,36,37,38,39)/t20-,23-/m1/s1. The number of nitrogens with zero attached hydrogens (tertiary/aromatic N) is 3. The number of aromatic nitrogens is 2. The van der Waals surface area contributed by atoms with Crippen LogP contribution in [0.3, 0.4) is 0 Å². The number of thioether (sulfide) groups is 2. The number of hydrogen-bond donors (Lipinski definition) is 3. The molecule has 2 aliphatic rings. The predicted molar refractivity (Wildman–Crippen MR) is 159 cm³/mol. The molecule has 0 aromatic carbocycles. The molecule has 1 fully saturated rings. The molecule has 0 bridgehead atoms. The number of rotatable bonds is 12. The first-order valence-corrected chi connectivity index (χ1v) is 16.9. The Labute approximate surface area is 265 Å². The van der Waals surface area contributed by atoms with E-state index >= 15 is 0 Å². The molecule has 12 nitrogen and oxygen atoms in total. The maximum Gasteiger partial charge on any atom is 0.286 e. The summed E-state index contributed by atoms with van der Waals surface area (Å²) in [5.41, 5.74) is 1.13. The summed E-state index contributed by atoms with van der Waals surface area (Å²) in [7, 11) is -4.16. The fourth-order valence-corrected chi connectivity index (χ4v) is 7.69. The maximum absolute atomic E-state index is 13.0. The zero-order valence-corrected chi connectivity index (χ0v) is 26.3. The molecular weight excluding hydrogens is 669 g/mol. The minimum absolute atomic E-state index is 0.0613. The number of pyridine rings is 2.